The van der Waals surface area contributed by atoms with Crippen molar-refractivity contribution >= 4 is 12.0 Å². The summed E-state index contributed by atoms with van der Waals surface area (Å²) >= 11 is 0. The van der Waals surface area contributed by atoms with Gasteiger partial charge in [-0.25, -0.2) is 0 Å². The number of aryl methyl sites for hydroxylation is 1. The second-order valence-electron chi connectivity index (χ2n) is 3.71. The average Bonchev–Trinajstić information content (AvgIpc) is 2.22. The fraction of sp³-hybridized carbons (Fsp3) is 0.308. The van der Waals surface area contributed by atoms with Gasteiger partial charge in [0.2, 0.25) is 5.91 Å². The van der Waals surface area contributed by atoms with Crippen molar-refractivity contribution in [3.63, 3.8) is 0 Å². The van der Waals surface area contributed by atoms with Gasteiger partial charge in [0.1, 0.15) is 5.75 Å². The maximum Gasteiger partial charge on any atom is 0.216 e. The molecule has 0 atom stereocenters. The third kappa shape index (κ3) is 4.17. The van der Waals surface area contributed by atoms with Crippen molar-refractivity contribution in [1.82, 2.24) is 5.32 Å². The molecule has 0 aromatic heterocycles. The molecule has 3 nitrogen and oxygen atoms in total. The van der Waals surface area contributed by atoms with E-state index in [4.69, 9.17) is 0 Å². The van der Waals surface area contributed by atoms with E-state index in [0.717, 1.165) is 17.5 Å². The predicted molar refractivity (Wildman–Crippen MR) is 65.2 cm³/mol. The average molecular weight is 219 g/mol. The van der Waals surface area contributed by atoms with E-state index < -0.39 is 0 Å². The number of phenols is 1. The number of hydrogen-bond acceptors (Lipinski definition) is 2. The molecular weight excluding hydrogens is 202 g/mol. The third-order valence-corrected chi connectivity index (χ3v) is 2.25. The summed E-state index contributed by atoms with van der Waals surface area (Å²) in [7, 11) is 0. The lowest BCUT2D eigenvalue weighted by Crippen LogP contribution is -2.20. The van der Waals surface area contributed by atoms with E-state index in [1.165, 1.54) is 6.92 Å². The molecule has 2 N–H and O–H groups in total. The Kier molecular flexibility index (Phi) is 4.58. The normalized spacial score (nSPS) is 10.6. The number of carbonyl (C=O) groups excluding carboxylic acids is 1. The minimum absolute atomic E-state index is 0.0121. The Hall–Kier alpha value is -1.77. The van der Waals surface area contributed by atoms with Crippen molar-refractivity contribution in [2.75, 3.05) is 6.54 Å². The van der Waals surface area contributed by atoms with Crippen LogP contribution < -0.4 is 5.32 Å². The summed E-state index contributed by atoms with van der Waals surface area (Å²) in [5.74, 6) is 0.258. The zero-order chi connectivity index (χ0) is 12.0. The Morgan fingerprint density at radius 3 is 2.94 bits per heavy atom. The highest BCUT2D eigenvalue weighted by Gasteiger charge is 1.95. The first-order chi connectivity index (χ1) is 7.59. The van der Waals surface area contributed by atoms with Gasteiger partial charge in [-0.1, -0.05) is 18.2 Å². The SMILES string of the molecule is CC(=O)NCCC=Cc1cc(O)ccc1C. The van der Waals surface area contributed by atoms with E-state index >= 15 is 0 Å². The minimum Gasteiger partial charge on any atom is -0.508 e. The molecule has 0 aliphatic carbocycles. The first kappa shape index (κ1) is 12.3. The van der Waals surface area contributed by atoms with Crippen LogP contribution in [0, 0.1) is 6.92 Å². The number of rotatable bonds is 4. The quantitative estimate of drug-likeness (QED) is 0.763. The van der Waals surface area contributed by atoms with Crippen molar-refractivity contribution in [1.29, 1.82) is 0 Å². The van der Waals surface area contributed by atoms with Crippen LogP contribution in [-0.4, -0.2) is 17.6 Å². The Morgan fingerprint density at radius 2 is 2.25 bits per heavy atom. The Balaban J connectivity index is 2.49. The van der Waals surface area contributed by atoms with Crippen LogP contribution in [0.4, 0.5) is 0 Å². The van der Waals surface area contributed by atoms with Crippen molar-refractivity contribution < 1.29 is 9.90 Å². The smallest absolute Gasteiger partial charge is 0.216 e. The molecule has 0 unspecified atom stereocenters. The molecule has 0 bridgehead atoms. The second-order valence-corrected chi connectivity index (χ2v) is 3.71. The first-order valence-electron chi connectivity index (χ1n) is 5.30. The summed E-state index contributed by atoms with van der Waals surface area (Å²) in [5.41, 5.74) is 2.12. The summed E-state index contributed by atoms with van der Waals surface area (Å²) in [5, 5.41) is 12.0. The summed E-state index contributed by atoms with van der Waals surface area (Å²) < 4.78 is 0. The van der Waals surface area contributed by atoms with Gasteiger partial charge >= 0.3 is 0 Å². The van der Waals surface area contributed by atoms with Crippen LogP contribution in [0.25, 0.3) is 6.08 Å². The maximum absolute atomic E-state index is 10.6. The van der Waals surface area contributed by atoms with Crippen LogP contribution in [0.3, 0.4) is 0 Å². The van der Waals surface area contributed by atoms with Gasteiger partial charge in [0, 0.05) is 13.5 Å². The molecule has 1 aromatic carbocycles. The minimum atomic E-state index is -0.0121. The standard InChI is InChI=1S/C13H17NO2/c1-10-6-7-13(16)9-12(10)5-3-4-8-14-11(2)15/h3,5-7,9,16H,4,8H2,1-2H3,(H,14,15). The molecular formula is C13H17NO2. The number of carbonyl (C=O) groups is 1. The lowest BCUT2D eigenvalue weighted by molar-refractivity contribution is -0.118. The summed E-state index contributed by atoms with van der Waals surface area (Å²) in [4.78, 5) is 10.6. The first-order valence-corrected chi connectivity index (χ1v) is 5.30. The van der Waals surface area contributed by atoms with Crippen LogP contribution in [-0.2, 0) is 4.79 Å². The third-order valence-electron chi connectivity index (χ3n) is 2.25. The zero-order valence-corrected chi connectivity index (χ0v) is 9.66. The molecule has 0 aliphatic heterocycles. The van der Waals surface area contributed by atoms with Gasteiger partial charge < -0.3 is 10.4 Å². The predicted octanol–water partition coefficient (Wildman–Crippen LogP) is 2.24. The maximum atomic E-state index is 10.6. The summed E-state index contributed by atoms with van der Waals surface area (Å²) in [6.07, 6.45) is 4.73. The van der Waals surface area contributed by atoms with Crippen molar-refractivity contribution in [2.45, 2.75) is 20.3 Å². The Morgan fingerprint density at radius 1 is 1.50 bits per heavy atom. The van der Waals surface area contributed by atoms with Gasteiger partial charge in [0.25, 0.3) is 0 Å². The fourth-order valence-electron chi connectivity index (χ4n) is 1.35. The fourth-order valence-corrected chi connectivity index (χ4v) is 1.35. The number of aromatic hydroxyl groups is 1. The summed E-state index contributed by atoms with van der Waals surface area (Å²) in [6.45, 7) is 4.14. The molecule has 0 heterocycles. The van der Waals surface area contributed by atoms with Crippen molar-refractivity contribution in [3.05, 3.63) is 35.4 Å². The van der Waals surface area contributed by atoms with Gasteiger partial charge in [-0.3, -0.25) is 4.79 Å². The van der Waals surface area contributed by atoms with Gasteiger partial charge in [0.15, 0.2) is 0 Å². The highest BCUT2D eigenvalue weighted by atomic mass is 16.3. The van der Waals surface area contributed by atoms with Crippen LogP contribution in [0.5, 0.6) is 5.75 Å². The second kappa shape index (κ2) is 5.95. The molecule has 0 radical (unpaired) electrons. The van der Waals surface area contributed by atoms with E-state index in [2.05, 4.69) is 5.32 Å². The number of amides is 1. The lowest BCUT2D eigenvalue weighted by atomic mass is 10.1. The summed E-state index contributed by atoms with van der Waals surface area (Å²) in [6, 6.07) is 5.27. The number of hydrogen-bond donors (Lipinski definition) is 2. The molecule has 1 rings (SSSR count). The molecule has 0 saturated carbocycles. The monoisotopic (exact) mass is 219 g/mol. The zero-order valence-electron chi connectivity index (χ0n) is 9.66. The molecule has 1 amide bonds. The van der Waals surface area contributed by atoms with Crippen LogP contribution in [0.15, 0.2) is 24.3 Å². The van der Waals surface area contributed by atoms with Gasteiger partial charge in [-0.2, -0.15) is 0 Å². The molecule has 0 aliphatic rings. The topological polar surface area (TPSA) is 49.3 Å². The molecule has 16 heavy (non-hydrogen) atoms. The lowest BCUT2D eigenvalue weighted by Gasteiger charge is -2.01. The van der Waals surface area contributed by atoms with E-state index in [0.29, 0.717) is 6.54 Å². The molecule has 86 valence electrons. The van der Waals surface area contributed by atoms with E-state index in [9.17, 15) is 9.90 Å². The van der Waals surface area contributed by atoms with E-state index in [1.807, 2.05) is 25.1 Å². The largest absolute Gasteiger partial charge is 0.508 e. The van der Waals surface area contributed by atoms with Crippen molar-refractivity contribution in [3.8, 4) is 5.75 Å². The molecule has 1 aromatic rings. The molecule has 0 saturated heterocycles. The van der Waals surface area contributed by atoms with Crippen LogP contribution >= 0.6 is 0 Å². The number of phenolic OH excluding ortho intramolecular Hbond substituents is 1. The van der Waals surface area contributed by atoms with Gasteiger partial charge in [-0.15, -0.1) is 0 Å². The molecule has 0 spiro atoms. The van der Waals surface area contributed by atoms with Crippen LogP contribution in [0.2, 0.25) is 0 Å². The van der Waals surface area contributed by atoms with Crippen LogP contribution in [0.1, 0.15) is 24.5 Å². The van der Waals surface area contributed by atoms with Crippen molar-refractivity contribution in [2.24, 2.45) is 0 Å². The van der Waals surface area contributed by atoms with E-state index in [1.54, 1.807) is 12.1 Å². The highest BCUT2D eigenvalue weighted by Crippen LogP contribution is 2.17. The molecule has 3 heteroatoms. The van der Waals surface area contributed by atoms with Gasteiger partial charge in [-0.05, 0) is 36.6 Å². The molecule has 0 fully saturated rings. The van der Waals surface area contributed by atoms with E-state index in [-0.39, 0.29) is 11.7 Å². The highest BCUT2D eigenvalue weighted by molar-refractivity contribution is 5.72. The van der Waals surface area contributed by atoms with Gasteiger partial charge in [0.05, 0.1) is 0 Å². The Bertz CT molecular complexity index is 397. The number of benzene rings is 1. The Labute approximate surface area is 95.8 Å². The number of nitrogens with one attached hydrogen (secondary N) is 1.